The van der Waals surface area contributed by atoms with Gasteiger partial charge in [-0.3, -0.25) is 0 Å². The summed E-state index contributed by atoms with van der Waals surface area (Å²) < 4.78 is 5.19. The Morgan fingerprint density at radius 3 is 2.65 bits per heavy atom. The summed E-state index contributed by atoms with van der Waals surface area (Å²) >= 11 is 0. The second kappa shape index (κ2) is 7.62. The number of rotatable bonds is 8. The lowest BCUT2D eigenvalue weighted by Gasteiger charge is -2.32. The van der Waals surface area contributed by atoms with Gasteiger partial charge in [0.15, 0.2) is 0 Å². The first-order valence-corrected chi connectivity index (χ1v) is 7.16. The van der Waals surface area contributed by atoms with E-state index in [4.69, 9.17) is 10.5 Å². The fraction of sp³-hybridized carbons (Fsp3) is 0.625. The SMILES string of the molecule is CCN(CC(O)c1cccc(OC)c1)CC(C)(C)CN. The van der Waals surface area contributed by atoms with Gasteiger partial charge in [0.05, 0.1) is 13.2 Å². The molecule has 0 aliphatic carbocycles. The van der Waals surface area contributed by atoms with Crippen LogP contribution in [-0.4, -0.2) is 43.3 Å². The van der Waals surface area contributed by atoms with Crippen LogP contribution in [0, 0.1) is 5.41 Å². The normalized spacial score (nSPS) is 13.6. The van der Waals surface area contributed by atoms with Gasteiger partial charge in [0, 0.05) is 13.1 Å². The molecular formula is C16H28N2O2. The molecule has 1 aromatic carbocycles. The first kappa shape index (κ1) is 17.0. The van der Waals surface area contributed by atoms with Crippen LogP contribution in [0.5, 0.6) is 5.75 Å². The fourth-order valence-electron chi connectivity index (χ4n) is 2.17. The van der Waals surface area contributed by atoms with Crippen molar-refractivity contribution >= 4 is 0 Å². The monoisotopic (exact) mass is 280 g/mol. The summed E-state index contributed by atoms with van der Waals surface area (Å²) in [6, 6.07) is 7.59. The van der Waals surface area contributed by atoms with Crippen LogP contribution >= 0.6 is 0 Å². The molecule has 0 heterocycles. The van der Waals surface area contributed by atoms with E-state index in [2.05, 4.69) is 25.7 Å². The first-order chi connectivity index (χ1) is 9.41. The van der Waals surface area contributed by atoms with Crippen LogP contribution in [0.4, 0.5) is 0 Å². The van der Waals surface area contributed by atoms with E-state index in [1.807, 2.05) is 24.3 Å². The number of benzene rings is 1. The van der Waals surface area contributed by atoms with Gasteiger partial charge in [0.1, 0.15) is 5.75 Å². The van der Waals surface area contributed by atoms with Gasteiger partial charge in [-0.1, -0.05) is 32.9 Å². The Labute approximate surface area is 122 Å². The van der Waals surface area contributed by atoms with Crippen molar-refractivity contribution in [1.29, 1.82) is 0 Å². The summed E-state index contributed by atoms with van der Waals surface area (Å²) in [6.07, 6.45) is -0.515. The fourth-order valence-corrected chi connectivity index (χ4v) is 2.17. The third kappa shape index (κ3) is 5.12. The molecule has 1 aromatic rings. The molecule has 0 aliphatic heterocycles. The van der Waals surface area contributed by atoms with Crippen molar-refractivity contribution in [3.05, 3.63) is 29.8 Å². The molecule has 0 spiro atoms. The van der Waals surface area contributed by atoms with Gasteiger partial charge in [0.25, 0.3) is 0 Å². The maximum Gasteiger partial charge on any atom is 0.119 e. The summed E-state index contributed by atoms with van der Waals surface area (Å²) in [5, 5.41) is 10.4. The molecule has 4 nitrogen and oxygen atoms in total. The molecule has 0 saturated heterocycles. The molecule has 0 fully saturated rings. The van der Waals surface area contributed by atoms with E-state index in [0.717, 1.165) is 24.4 Å². The molecule has 1 atom stereocenters. The number of aliphatic hydroxyl groups excluding tert-OH is 1. The number of ether oxygens (including phenoxy) is 1. The van der Waals surface area contributed by atoms with Crippen molar-refractivity contribution in [2.24, 2.45) is 11.1 Å². The number of nitrogens with two attached hydrogens (primary N) is 1. The highest BCUT2D eigenvalue weighted by Crippen LogP contribution is 2.22. The number of nitrogens with zero attached hydrogens (tertiary/aromatic N) is 1. The highest BCUT2D eigenvalue weighted by atomic mass is 16.5. The van der Waals surface area contributed by atoms with Crippen LogP contribution in [0.1, 0.15) is 32.4 Å². The van der Waals surface area contributed by atoms with Crippen molar-refractivity contribution < 1.29 is 9.84 Å². The smallest absolute Gasteiger partial charge is 0.119 e. The van der Waals surface area contributed by atoms with E-state index in [-0.39, 0.29) is 5.41 Å². The highest BCUT2D eigenvalue weighted by Gasteiger charge is 2.21. The Morgan fingerprint density at radius 1 is 1.40 bits per heavy atom. The van der Waals surface area contributed by atoms with E-state index in [1.54, 1.807) is 7.11 Å². The molecule has 4 heteroatoms. The average molecular weight is 280 g/mol. The molecule has 1 rings (SSSR count). The van der Waals surface area contributed by atoms with Crippen LogP contribution in [-0.2, 0) is 0 Å². The average Bonchev–Trinajstić information content (AvgIpc) is 2.46. The largest absolute Gasteiger partial charge is 0.497 e. The number of methoxy groups -OCH3 is 1. The van der Waals surface area contributed by atoms with Crippen molar-refractivity contribution in [3.63, 3.8) is 0 Å². The third-order valence-electron chi connectivity index (χ3n) is 3.56. The summed E-state index contributed by atoms with van der Waals surface area (Å²) in [6.45, 7) is 9.41. The maximum absolute atomic E-state index is 10.4. The van der Waals surface area contributed by atoms with Gasteiger partial charge in [-0.2, -0.15) is 0 Å². The Kier molecular flexibility index (Phi) is 6.46. The summed E-state index contributed by atoms with van der Waals surface area (Å²) in [5.41, 5.74) is 6.73. The maximum atomic E-state index is 10.4. The van der Waals surface area contributed by atoms with Crippen LogP contribution in [0.25, 0.3) is 0 Å². The van der Waals surface area contributed by atoms with Gasteiger partial charge < -0.3 is 20.5 Å². The van der Waals surface area contributed by atoms with Gasteiger partial charge in [-0.25, -0.2) is 0 Å². The number of aliphatic hydroxyl groups is 1. The van der Waals surface area contributed by atoms with Gasteiger partial charge in [-0.05, 0) is 36.2 Å². The summed E-state index contributed by atoms with van der Waals surface area (Å²) in [7, 11) is 1.63. The molecule has 0 aromatic heterocycles. The minimum absolute atomic E-state index is 0.0596. The number of hydrogen-bond acceptors (Lipinski definition) is 4. The molecule has 3 N–H and O–H groups in total. The van der Waals surface area contributed by atoms with E-state index in [1.165, 1.54) is 0 Å². The van der Waals surface area contributed by atoms with Gasteiger partial charge in [0.2, 0.25) is 0 Å². The third-order valence-corrected chi connectivity index (χ3v) is 3.56. The number of hydrogen-bond donors (Lipinski definition) is 2. The Morgan fingerprint density at radius 2 is 2.10 bits per heavy atom. The zero-order valence-electron chi connectivity index (χ0n) is 13.1. The van der Waals surface area contributed by atoms with Crippen molar-refractivity contribution in [2.75, 3.05) is 33.3 Å². The lowest BCUT2D eigenvalue weighted by Crippen LogP contribution is -2.40. The quantitative estimate of drug-likeness (QED) is 0.765. The summed E-state index contributed by atoms with van der Waals surface area (Å²) in [4.78, 5) is 2.23. The molecular weight excluding hydrogens is 252 g/mol. The van der Waals surface area contributed by atoms with Crippen LogP contribution < -0.4 is 10.5 Å². The Hall–Kier alpha value is -1.10. The van der Waals surface area contributed by atoms with Gasteiger partial charge >= 0.3 is 0 Å². The zero-order valence-corrected chi connectivity index (χ0v) is 13.1. The van der Waals surface area contributed by atoms with E-state index in [0.29, 0.717) is 13.1 Å². The van der Waals surface area contributed by atoms with Gasteiger partial charge in [-0.15, -0.1) is 0 Å². The minimum atomic E-state index is -0.515. The van der Waals surface area contributed by atoms with Crippen LogP contribution in [0.15, 0.2) is 24.3 Å². The second-order valence-electron chi connectivity index (χ2n) is 5.99. The molecule has 114 valence electrons. The van der Waals surface area contributed by atoms with Crippen LogP contribution in [0.2, 0.25) is 0 Å². The molecule has 0 saturated carbocycles. The first-order valence-electron chi connectivity index (χ1n) is 7.16. The van der Waals surface area contributed by atoms with Crippen molar-refractivity contribution in [3.8, 4) is 5.75 Å². The molecule has 0 aliphatic rings. The molecule has 0 bridgehead atoms. The van der Waals surface area contributed by atoms with Crippen molar-refractivity contribution in [1.82, 2.24) is 4.90 Å². The molecule has 0 radical (unpaired) electrons. The standard InChI is InChI=1S/C16H28N2O2/c1-5-18(12-16(2,3)11-17)10-15(19)13-7-6-8-14(9-13)20-4/h6-9,15,19H,5,10-12,17H2,1-4H3. The predicted octanol–water partition coefficient (Wildman–Crippen LogP) is 2.04. The molecule has 20 heavy (non-hydrogen) atoms. The van der Waals surface area contributed by atoms with E-state index in [9.17, 15) is 5.11 Å². The lowest BCUT2D eigenvalue weighted by atomic mass is 9.93. The van der Waals surface area contributed by atoms with E-state index < -0.39 is 6.10 Å². The zero-order chi connectivity index (χ0) is 15.2. The lowest BCUT2D eigenvalue weighted by molar-refractivity contribution is 0.0929. The predicted molar refractivity (Wildman–Crippen MR) is 82.9 cm³/mol. The minimum Gasteiger partial charge on any atom is -0.497 e. The van der Waals surface area contributed by atoms with Crippen molar-refractivity contribution in [2.45, 2.75) is 26.9 Å². The molecule has 1 unspecified atom stereocenters. The Bertz CT molecular complexity index is 407. The van der Waals surface area contributed by atoms with E-state index >= 15 is 0 Å². The molecule has 0 amide bonds. The number of likely N-dealkylation sites (N-methyl/N-ethyl adjacent to an activating group) is 1. The van der Waals surface area contributed by atoms with Crippen LogP contribution in [0.3, 0.4) is 0 Å². The Balaban J connectivity index is 2.69. The highest BCUT2D eigenvalue weighted by molar-refractivity contribution is 5.29. The topological polar surface area (TPSA) is 58.7 Å². The second-order valence-corrected chi connectivity index (χ2v) is 5.99. The summed E-state index contributed by atoms with van der Waals surface area (Å²) in [5.74, 6) is 0.770.